The quantitative estimate of drug-likeness (QED) is 0.728. The van der Waals surface area contributed by atoms with Crippen molar-refractivity contribution in [2.45, 2.75) is 19.0 Å². The number of carbonyl (C=O) groups excluding carboxylic acids is 1. The third-order valence-electron chi connectivity index (χ3n) is 2.33. The average molecular weight is 228 g/mol. The number of hydrogen-bond donors (Lipinski definition) is 0. The molecule has 16 heavy (non-hydrogen) atoms. The summed E-state index contributed by atoms with van der Waals surface area (Å²) in [7, 11) is 0. The predicted molar refractivity (Wildman–Crippen MR) is 52.4 cm³/mol. The summed E-state index contributed by atoms with van der Waals surface area (Å²) in [6.07, 6.45) is -0.695. The second-order valence-corrected chi connectivity index (χ2v) is 3.70. The number of alkyl halides is 2. The summed E-state index contributed by atoms with van der Waals surface area (Å²) < 4.78 is 36.3. The van der Waals surface area contributed by atoms with Crippen molar-refractivity contribution in [3.05, 3.63) is 23.8 Å². The lowest BCUT2D eigenvalue weighted by Gasteiger charge is -2.30. The maximum absolute atomic E-state index is 13.0. The van der Waals surface area contributed by atoms with Crippen LogP contribution in [-0.4, -0.2) is 24.9 Å². The maximum atomic E-state index is 13.0. The van der Waals surface area contributed by atoms with E-state index in [4.69, 9.17) is 9.47 Å². The molecule has 0 radical (unpaired) electrons. The lowest BCUT2D eigenvalue weighted by Crippen LogP contribution is -2.42. The summed E-state index contributed by atoms with van der Waals surface area (Å²) >= 11 is 0. The van der Waals surface area contributed by atoms with Crippen LogP contribution in [0.5, 0.6) is 11.5 Å². The molecule has 1 aromatic rings. The third-order valence-corrected chi connectivity index (χ3v) is 2.33. The smallest absolute Gasteiger partial charge is 0.284 e. The van der Waals surface area contributed by atoms with Gasteiger partial charge in [0.25, 0.3) is 5.92 Å². The van der Waals surface area contributed by atoms with Crippen LogP contribution in [0.25, 0.3) is 0 Å². The van der Waals surface area contributed by atoms with E-state index in [-0.39, 0.29) is 12.4 Å². The molecule has 0 N–H and O–H groups in total. The van der Waals surface area contributed by atoms with Crippen LogP contribution in [0, 0.1) is 0 Å². The van der Waals surface area contributed by atoms with E-state index in [0.29, 0.717) is 17.6 Å². The molecule has 0 aliphatic carbocycles. The molecule has 86 valence electrons. The van der Waals surface area contributed by atoms with Crippen molar-refractivity contribution in [1.29, 1.82) is 0 Å². The van der Waals surface area contributed by atoms with Crippen molar-refractivity contribution >= 4 is 6.29 Å². The van der Waals surface area contributed by atoms with Gasteiger partial charge in [0.05, 0.1) is 0 Å². The van der Waals surface area contributed by atoms with Gasteiger partial charge in [0.2, 0.25) is 0 Å². The number of benzene rings is 1. The van der Waals surface area contributed by atoms with Gasteiger partial charge < -0.3 is 9.47 Å². The zero-order chi connectivity index (χ0) is 11.8. The molecule has 5 heteroatoms. The summed E-state index contributed by atoms with van der Waals surface area (Å²) in [5.74, 6) is -2.41. The summed E-state index contributed by atoms with van der Waals surface area (Å²) in [5, 5.41) is 0. The van der Waals surface area contributed by atoms with E-state index in [1.807, 2.05) is 0 Å². The molecule has 0 amide bonds. The van der Waals surface area contributed by atoms with Crippen LogP contribution in [0.2, 0.25) is 0 Å². The van der Waals surface area contributed by atoms with E-state index in [9.17, 15) is 13.6 Å². The van der Waals surface area contributed by atoms with Crippen LogP contribution in [0.3, 0.4) is 0 Å². The second kappa shape index (κ2) is 3.73. The number of ether oxygens (including phenoxy) is 2. The molecule has 0 fully saturated rings. The van der Waals surface area contributed by atoms with Crippen molar-refractivity contribution < 1.29 is 23.0 Å². The summed E-state index contributed by atoms with van der Waals surface area (Å²) in [4.78, 5) is 10.5. The lowest BCUT2D eigenvalue weighted by atomic mass is 10.1. The molecule has 0 bridgehead atoms. The first-order valence-corrected chi connectivity index (χ1v) is 4.77. The number of rotatable bonds is 2. The molecular formula is C11H10F2O3. The molecule has 0 spiro atoms. The van der Waals surface area contributed by atoms with Crippen LogP contribution >= 0.6 is 0 Å². The Morgan fingerprint density at radius 1 is 1.44 bits per heavy atom. The maximum Gasteiger partial charge on any atom is 0.284 e. The number of fused-ring (bicyclic) bond motifs is 1. The highest BCUT2D eigenvalue weighted by Gasteiger charge is 2.39. The fraction of sp³-hybridized carbons (Fsp3) is 0.364. The standard InChI is InChI=1S/C11H10F2O3/c1-11(12,13)10-6-15-8-3-2-7(5-14)4-9(8)16-10/h2-5,10H,6H2,1H3. The Hall–Kier alpha value is -1.65. The van der Waals surface area contributed by atoms with Gasteiger partial charge >= 0.3 is 0 Å². The monoisotopic (exact) mass is 228 g/mol. The van der Waals surface area contributed by atoms with Gasteiger partial charge in [-0.25, -0.2) is 8.78 Å². The molecule has 2 rings (SSSR count). The van der Waals surface area contributed by atoms with Gasteiger partial charge in [0, 0.05) is 12.5 Å². The number of carbonyl (C=O) groups is 1. The molecule has 1 aliphatic heterocycles. The number of aldehydes is 1. The van der Waals surface area contributed by atoms with E-state index in [0.717, 1.165) is 6.92 Å². The van der Waals surface area contributed by atoms with E-state index in [1.54, 1.807) is 6.07 Å². The normalized spacial score (nSPS) is 19.3. The largest absolute Gasteiger partial charge is 0.486 e. The summed E-state index contributed by atoms with van der Waals surface area (Å²) in [6.45, 7) is 0.576. The Labute approximate surface area is 91.0 Å². The van der Waals surface area contributed by atoms with Crippen LogP contribution in [0.15, 0.2) is 18.2 Å². The van der Waals surface area contributed by atoms with E-state index < -0.39 is 12.0 Å². The predicted octanol–water partition coefficient (Wildman–Crippen LogP) is 2.29. The van der Waals surface area contributed by atoms with Gasteiger partial charge in [0.15, 0.2) is 17.6 Å². The highest BCUT2D eigenvalue weighted by atomic mass is 19.3. The minimum atomic E-state index is -2.98. The van der Waals surface area contributed by atoms with Gasteiger partial charge in [-0.1, -0.05) is 0 Å². The van der Waals surface area contributed by atoms with Crippen LogP contribution in [0.4, 0.5) is 8.78 Å². The van der Waals surface area contributed by atoms with Crippen LogP contribution in [0.1, 0.15) is 17.3 Å². The van der Waals surface area contributed by atoms with Gasteiger partial charge in [-0.15, -0.1) is 0 Å². The second-order valence-electron chi connectivity index (χ2n) is 3.70. The van der Waals surface area contributed by atoms with Crippen molar-refractivity contribution in [1.82, 2.24) is 0 Å². The van der Waals surface area contributed by atoms with Gasteiger partial charge in [-0.05, 0) is 18.2 Å². The van der Waals surface area contributed by atoms with Crippen LogP contribution < -0.4 is 9.47 Å². The molecule has 0 saturated heterocycles. The topological polar surface area (TPSA) is 35.5 Å². The Morgan fingerprint density at radius 2 is 2.19 bits per heavy atom. The van der Waals surface area contributed by atoms with Crippen molar-refractivity contribution in [2.75, 3.05) is 6.61 Å². The third kappa shape index (κ3) is 1.98. The van der Waals surface area contributed by atoms with Crippen molar-refractivity contribution in [2.24, 2.45) is 0 Å². The van der Waals surface area contributed by atoms with Crippen LogP contribution in [-0.2, 0) is 0 Å². The fourth-order valence-electron chi connectivity index (χ4n) is 1.41. The molecule has 3 nitrogen and oxygen atoms in total. The van der Waals surface area contributed by atoms with E-state index in [1.165, 1.54) is 12.1 Å². The SMILES string of the molecule is CC(F)(F)C1COc2ccc(C=O)cc2O1. The first-order valence-electron chi connectivity index (χ1n) is 4.77. The highest BCUT2D eigenvalue weighted by Crippen LogP contribution is 2.35. The minimum Gasteiger partial charge on any atom is -0.486 e. The Morgan fingerprint density at radius 3 is 2.81 bits per heavy atom. The molecule has 0 saturated carbocycles. The zero-order valence-corrected chi connectivity index (χ0v) is 8.57. The lowest BCUT2D eigenvalue weighted by molar-refractivity contribution is -0.105. The molecule has 1 aromatic carbocycles. The van der Waals surface area contributed by atoms with E-state index >= 15 is 0 Å². The van der Waals surface area contributed by atoms with Gasteiger partial charge in [-0.2, -0.15) is 0 Å². The molecule has 1 aliphatic rings. The Kier molecular flexibility index (Phi) is 2.53. The first kappa shape index (κ1) is 10.9. The Balaban J connectivity index is 2.28. The summed E-state index contributed by atoms with van der Waals surface area (Å²) in [5.41, 5.74) is 0.363. The Bertz CT molecular complexity index is 412. The molecule has 0 aromatic heterocycles. The molecule has 1 heterocycles. The highest BCUT2D eigenvalue weighted by molar-refractivity contribution is 5.76. The number of halogens is 2. The first-order chi connectivity index (χ1) is 7.50. The molecule has 1 atom stereocenters. The van der Waals surface area contributed by atoms with Gasteiger partial charge in [0.1, 0.15) is 12.9 Å². The van der Waals surface area contributed by atoms with E-state index in [2.05, 4.69) is 0 Å². The average Bonchev–Trinajstić information content (AvgIpc) is 2.26. The fourth-order valence-corrected chi connectivity index (χ4v) is 1.41. The molecule has 1 unspecified atom stereocenters. The van der Waals surface area contributed by atoms with Crippen molar-refractivity contribution in [3.8, 4) is 11.5 Å². The van der Waals surface area contributed by atoms with Gasteiger partial charge in [-0.3, -0.25) is 4.79 Å². The molecular weight excluding hydrogens is 218 g/mol. The van der Waals surface area contributed by atoms with Crippen molar-refractivity contribution in [3.63, 3.8) is 0 Å². The number of hydrogen-bond acceptors (Lipinski definition) is 3. The minimum absolute atomic E-state index is 0.183. The summed E-state index contributed by atoms with van der Waals surface area (Å²) in [6, 6.07) is 4.46. The zero-order valence-electron chi connectivity index (χ0n) is 8.57.